The molecule has 0 saturated heterocycles. The Hall–Kier alpha value is -4.88. The molecule has 4 atom stereocenters. The molecule has 12 nitrogen and oxygen atoms in total. The van der Waals surface area contributed by atoms with Gasteiger partial charge in [0, 0.05) is 24.2 Å². The fourth-order valence-corrected chi connectivity index (χ4v) is 13.6. The summed E-state index contributed by atoms with van der Waals surface area (Å²) in [5, 5.41) is 15.9. The van der Waals surface area contributed by atoms with E-state index in [0.717, 1.165) is 124 Å². The highest BCUT2D eigenvalue weighted by Gasteiger charge is 2.49. The van der Waals surface area contributed by atoms with E-state index in [2.05, 4.69) is 69.8 Å². The quantitative estimate of drug-likeness (QED) is 0.109. The van der Waals surface area contributed by atoms with E-state index in [1.165, 1.54) is 89.5 Å². The summed E-state index contributed by atoms with van der Waals surface area (Å²) in [6.07, 6.45) is 16.9. The zero-order valence-electron chi connectivity index (χ0n) is 37.5. The molecule has 0 radical (unpaired) electrons. The van der Waals surface area contributed by atoms with Crippen LogP contribution in [0.3, 0.4) is 0 Å². The lowest BCUT2D eigenvalue weighted by Crippen LogP contribution is -2.34. The molecule has 12 heteroatoms. The lowest BCUT2D eigenvalue weighted by atomic mass is 9.68. The van der Waals surface area contributed by atoms with Gasteiger partial charge in [0.05, 0.1) is 0 Å². The minimum atomic E-state index is 0.194. The van der Waals surface area contributed by atoms with E-state index in [-0.39, 0.29) is 10.8 Å². The van der Waals surface area contributed by atoms with Crippen molar-refractivity contribution in [3.05, 3.63) is 93.0 Å². The first-order valence-electron chi connectivity index (χ1n) is 24.7. The summed E-state index contributed by atoms with van der Waals surface area (Å²) in [7, 11) is 0. The molecular weight excluding hydrogens is 821 g/mol. The molecule has 0 amide bonds. The van der Waals surface area contributed by atoms with Gasteiger partial charge in [0.15, 0.2) is 46.0 Å². The Morgan fingerprint density at radius 2 is 0.600 bits per heavy atom. The monoisotopic (exact) mass is 882 g/mol. The zero-order valence-corrected chi connectivity index (χ0v) is 37.5. The van der Waals surface area contributed by atoms with Crippen molar-refractivity contribution in [2.45, 2.75) is 120 Å². The van der Waals surface area contributed by atoms with E-state index >= 15 is 0 Å². The van der Waals surface area contributed by atoms with Crippen LogP contribution in [-0.2, 0) is 25.7 Å². The molecule has 8 aliphatic heterocycles. The highest BCUT2D eigenvalue weighted by Crippen LogP contribution is 2.61. The Bertz CT molecular complexity index is 2160. The Morgan fingerprint density at radius 1 is 0.354 bits per heavy atom. The van der Waals surface area contributed by atoms with Crippen molar-refractivity contribution < 1.29 is 37.9 Å². The third-order valence-corrected chi connectivity index (χ3v) is 17.0. The predicted octanol–water partition coefficient (Wildman–Crippen LogP) is 8.73. The maximum Gasteiger partial charge on any atom is 0.231 e. The molecule has 342 valence electrons. The predicted molar refractivity (Wildman–Crippen MR) is 244 cm³/mol. The fourth-order valence-electron chi connectivity index (χ4n) is 13.6. The minimum Gasteiger partial charge on any atom is -0.454 e. The lowest BCUT2D eigenvalue weighted by Gasteiger charge is -2.40. The van der Waals surface area contributed by atoms with Crippen molar-refractivity contribution in [2.24, 2.45) is 10.8 Å². The molecule has 4 aromatic carbocycles. The topological polar surface area (TPSA) is 122 Å². The van der Waals surface area contributed by atoms with Gasteiger partial charge in [-0.3, -0.25) is 0 Å². The second kappa shape index (κ2) is 16.5. The van der Waals surface area contributed by atoms with Crippen LogP contribution in [-0.4, -0.2) is 53.4 Å². The summed E-state index contributed by atoms with van der Waals surface area (Å²) in [6.45, 7) is 5.17. The van der Waals surface area contributed by atoms with Gasteiger partial charge in [0.25, 0.3) is 0 Å². The SMILES string of the molecule is c1c2c(cc3c1OCO3)C(CCC1(CCC3NCCc4cc5c(cc43)OCO5)CCC(CCC3NCCc4cc5c(cc43)OCO5)(CCC3NCCc4cc5c(cc43)OCO5)C1)NCC2. The van der Waals surface area contributed by atoms with Gasteiger partial charge in [-0.15, -0.1) is 0 Å². The molecule has 13 rings (SSSR count). The molecule has 4 unspecified atom stereocenters. The number of nitrogens with one attached hydrogen (secondary N) is 4. The van der Waals surface area contributed by atoms with E-state index in [4.69, 9.17) is 37.9 Å². The highest BCUT2D eigenvalue weighted by atomic mass is 16.7. The third-order valence-electron chi connectivity index (χ3n) is 17.0. The molecule has 1 fully saturated rings. The molecule has 8 heterocycles. The maximum absolute atomic E-state index is 5.93. The summed E-state index contributed by atoms with van der Waals surface area (Å²) in [5.74, 6) is 7.13. The largest absolute Gasteiger partial charge is 0.454 e. The van der Waals surface area contributed by atoms with Crippen molar-refractivity contribution >= 4 is 0 Å². The Morgan fingerprint density at radius 3 is 0.862 bits per heavy atom. The van der Waals surface area contributed by atoms with Gasteiger partial charge >= 0.3 is 0 Å². The Labute approximate surface area is 381 Å². The van der Waals surface area contributed by atoms with Gasteiger partial charge in [-0.1, -0.05) is 0 Å². The lowest BCUT2D eigenvalue weighted by molar-refractivity contribution is 0.147. The van der Waals surface area contributed by atoms with Crippen LogP contribution < -0.4 is 59.2 Å². The number of ether oxygens (including phenoxy) is 8. The number of fused-ring (bicyclic) bond motifs is 8. The number of rotatable bonds is 12. The van der Waals surface area contributed by atoms with Crippen LogP contribution in [0.2, 0.25) is 0 Å². The van der Waals surface area contributed by atoms with E-state index in [1.807, 2.05) is 0 Å². The van der Waals surface area contributed by atoms with Crippen molar-refractivity contribution in [1.29, 1.82) is 0 Å². The summed E-state index contributed by atoms with van der Waals surface area (Å²) < 4.78 is 47.1. The Kier molecular flexibility index (Phi) is 10.2. The molecule has 1 saturated carbocycles. The molecule has 9 aliphatic rings. The van der Waals surface area contributed by atoms with E-state index < -0.39 is 0 Å². The second-order valence-electron chi connectivity index (χ2n) is 20.5. The average molecular weight is 883 g/mol. The van der Waals surface area contributed by atoms with Gasteiger partial charge in [-0.2, -0.15) is 0 Å². The van der Waals surface area contributed by atoms with Crippen LogP contribution >= 0.6 is 0 Å². The summed E-state index contributed by atoms with van der Waals surface area (Å²) in [6, 6.07) is 19.2. The maximum atomic E-state index is 5.93. The van der Waals surface area contributed by atoms with Crippen LogP contribution in [0.25, 0.3) is 0 Å². The zero-order chi connectivity index (χ0) is 43.0. The van der Waals surface area contributed by atoms with Crippen molar-refractivity contribution in [1.82, 2.24) is 21.3 Å². The molecule has 0 spiro atoms. The van der Waals surface area contributed by atoms with E-state index in [0.29, 0.717) is 51.3 Å². The van der Waals surface area contributed by atoms with Crippen LogP contribution in [0.4, 0.5) is 0 Å². The van der Waals surface area contributed by atoms with Gasteiger partial charge in [0.2, 0.25) is 27.2 Å². The molecule has 0 aromatic heterocycles. The second-order valence-corrected chi connectivity index (χ2v) is 20.5. The van der Waals surface area contributed by atoms with Crippen molar-refractivity contribution in [3.8, 4) is 46.0 Å². The van der Waals surface area contributed by atoms with Gasteiger partial charge in [-0.05, 0) is 226 Å². The third kappa shape index (κ3) is 7.52. The summed E-state index contributed by atoms with van der Waals surface area (Å²) in [4.78, 5) is 0. The first kappa shape index (κ1) is 40.4. The van der Waals surface area contributed by atoms with Crippen molar-refractivity contribution in [2.75, 3.05) is 53.4 Å². The molecule has 4 aromatic rings. The average Bonchev–Trinajstić information content (AvgIpc) is 4.20. The van der Waals surface area contributed by atoms with Gasteiger partial charge in [0.1, 0.15) is 0 Å². The van der Waals surface area contributed by atoms with Crippen molar-refractivity contribution in [3.63, 3.8) is 0 Å². The number of benzene rings is 4. The molecular formula is C53H62N4O8. The first-order chi connectivity index (χ1) is 32.0. The van der Waals surface area contributed by atoms with Gasteiger partial charge in [-0.25, -0.2) is 0 Å². The first-order valence-corrected chi connectivity index (χ1v) is 24.7. The van der Waals surface area contributed by atoms with Crippen LogP contribution in [0.1, 0.15) is 139 Å². The molecule has 65 heavy (non-hydrogen) atoms. The van der Waals surface area contributed by atoms with E-state index in [1.54, 1.807) is 0 Å². The smallest absolute Gasteiger partial charge is 0.231 e. The standard InChI is InChI=1S/C53H62N4O8/c1(40-36-23-48-44(58-28-62-48)19-32(36)5-15-54-40)9-52(10-2-41-37-24-49-45(59-29-63-49)20-33(37)6-16-55-41)13-14-53(27-52,11-3-42-38-25-50-46(60-30-64-50)21-34(38)7-17-56-42)12-4-43-39-26-51-47(61-31-65-51)22-35(39)8-18-57-43/h19-26,40-43,54-57H,1-18,27-31H2. The summed E-state index contributed by atoms with van der Waals surface area (Å²) in [5.41, 5.74) is 11.6. The molecule has 1 aliphatic carbocycles. The van der Waals surface area contributed by atoms with Crippen LogP contribution in [0.5, 0.6) is 46.0 Å². The fraction of sp³-hybridized carbons (Fsp3) is 0.547. The summed E-state index contributed by atoms with van der Waals surface area (Å²) >= 11 is 0. The number of hydrogen-bond donors (Lipinski definition) is 4. The van der Waals surface area contributed by atoms with E-state index in [9.17, 15) is 0 Å². The minimum absolute atomic E-state index is 0.194. The van der Waals surface area contributed by atoms with Crippen LogP contribution in [0.15, 0.2) is 48.5 Å². The normalized spacial score (nSPS) is 28.4. The molecule has 4 N–H and O–H groups in total. The molecule has 0 bridgehead atoms. The number of hydrogen-bond acceptors (Lipinski definition) is 12. The highest BCUT2D eigenvalue weighted by molar-refractivity contribution is 5.53. The Balaban J connectivity index is 0.818. The van der Waals surface area contributed by atoms with Gasteiger partial charge < -0.3 is 59.2 Å². The van der Waals surface area contributed by atoms with Crippen LogP contribution in [0, 0.1) is 10.8 Å².